The second kappa shape index (κ2) is 16.5. The van der Waals surface area contributed by atoms with Crippen molar-refractivity contribution in [3.63, 3.8) is 0 Å². The van der Waals surface area contributed by atoms with Gasteiger partial charge in [0.05, 0.1) is 0 Å². The molecule has 0 aliphatic rings. The lowest BCUT2D eigenvalue weighted by Gasteiger charge is -1.87. The lowest BCUT2D eigenvalue weighted by atomic mass is 10.2. The van der Waals surface area contributed by atoms with Gasteiger partial charge in [-0.3, -0.25) is 0 Å². The van der Waals surface area contributed by atoms with Gasteiger partial charge in [-0.25, -0.2) is 0 Å². The topological polar surface area (TPSA) is 18.5 Å². The Kier molecular flexibility index (Phi) is 20.2. The van der Waals surface area contributed by atoms with Gasteiger partial charge in [-0.1, -0.05) is 39.5 Å². The second-order valence-corrected chi connectivity index (χ2v) is 2.40. The van der Waals surface area contributed by atoms with Crippen molar-refractivity contribution in [3.05, 3.63) is 0 Å². The molecule has 0 saturated heterocycles. The van der Waals surface area contributed by atoms with Crippen molar-refractivity contribution in [3.8, 4) is 0 Å². The van der Waals surface area contributed by atoms with Crippen molar-refractivity contribution in [1.29, 1.82) is 0 Å². The zero-order chi connectivity index (χ0) is 8.95. The van der Waals surface area contributed by atoms with Crippen LogP contribution in [0.15, 0.2) is 0 Å². The summed E-state index contributed by atoms with van der Waals surface area (Å²) in [6, 6.07) is 0. The highest BCUT2D eigenvalue weighted by Gasteiger charge is 1.75. The summed E-state index contributed by atoms with van der Waals surface area (Å²) in [4.78, 5) is 0. The van der Waals surface area contributed by atoms with Gasteiger partial charge in [0.15, 0.2) is 0 Å². The van der Waals surface area contributed by atoms with E-state index < -0.39 is 0 Å². The molecule has 0 aliphatic carbocycles. The first-order chi connectivity index (χ1) is 5.33. The van der Waals surface area contributed by atoms with Crippen molar-refractivity contribution < 1.29 is 9.47 Å². The zero-order valence-corrected chi connectivity index (χ0v) is 8.35. The molecular weight excluding hydrogens is 140 g/mol. The normalized spacial score (nSPS) is 8.73. The highest BCUT2D eigenvalue weighted by atomic mass is 16.6. The molecule has 0 aromatic rings. The van der Waals surface area contributed by atoms with Crippen LogP contribution in [-0.4, -0.2) is 21.0 Å². The van der Waals surface area contributed by atoms with E-state index in [9.17, 15) is 0 Å². The summed E-state index contributed by atoms with van der Waals surface area (Å²) in [5, 5.41) is 0. The van der Waals surface area contributed by atoms with Crippen molar-refractivity contribution in [1.82, 2.24) is 0 Å². The number of unbranched alkanes of at least 4 members (excludes halogenated alkanes) is 3. The molecule has 0 amide bonds. The van der Waals surface area contributed by atoms with Crippen LogP contribution in [0.3, 0.4) is 0 Å². The van der Waals surface area contributed by atoms with E-state index in [0.29, 0.717) is 6.79 Å². The summed E-state index contributed by atoms with van der Waals surface area (Å²) >= 11 is 0. The van der Waals surface area contributed by atoms with Crippen LogP contribution in [0.2, 0.25) is 0 Å². The summed E-state index contributed by atoms with van der Waals surface area (Å²) in [5.41, 5.74) is 0. The van der Waals surface area contributed by atoms with Gasteiger partial charge < -0.3 is 9.47 Å². The fraction of sp³-hybridized carbons (Fsp3) is 1.00. The molecule has 0 heterocycles. The van der Waals surface area contributed by atoms with Crippen LogP contribution in [0.4, 0.5) is 0 Å². The quantitative estimate of drug-likeness (QED) is 0.457. The second-order valence-electron chi connectivity index (χ2n) is 2.40. The fourth-order valence-electron chi connectivity index (χ4n) is 0.618. The molecule has 0 rings (SSSR count). The predicted molar refractivity (Wildman–Crippen MR) is 48.7 cm³/mol. The van der Waals surface area contributed by atoms with Crippen LogP contribution in [0.25, 0.3) is 0 Å². The molecule has 70 valence electrons. The molecule has 0 saturated carbocycles. The molecule has 0 aromatic carbocycles. The summed E-state index contributed by atoms with van der Waals surface area (Å²) in [6.45, 7) is 4.85. The number of methoxy groups -OCH3 is 2. The van der Waals surface area contributed by atoms with Crippen LogP contribution >= 0.6 is 0 Å². The van der Waals surface area contributed by atoms with E-state index in [0.717, 1.165) is 0 Å². The SMILES string of the molecule is CCCCCC.COCOC. The van der Waals surface area contributed by atoms with E-state index in [-0.39, 0.29) is 0 Å². The van der Waals surface area contributed by atoms with Crippen LogP contribution in [0.5, 0.6) is 0 Å². The Hall–Kier alpha value is -0.0800. The summed E-state index contributed by atoms with van der Waals surface area (Å²) < 4.78 is 8.94. The number of hydrogen-bond acceptors (Lipinski definition) is 2. The average molecular weight is 162 g/mol. The highest BCUT2D eigenvalue weighted by Crippen LogP contribution is 1.95. The van der Waals surface area contributed by atoms with Crippen molar-refractivity contribution >= 4 is 0 Å². The Bertz CT molecular complexity index is 40.8. The number of ether oxygens (including phenoxy) is 2. The number of rotatable bonds is 5. The van der Waals surface area contributed by atoms with Crippen molar-refractivity contribution in [2.45, 2.75) is 39.5 Å². The van der Waals surface area contributed by atoms with Crippen LogP contribution < -0.4 is 0 Å². The molecule has 0 aliphatic heterocycles. The first-order valence-corrected chi connectivity index (χ1v) is 4.31. The third-order valence-electron chi connectivity index (χ3n) is 1.19. The maximum Gasteiger partial charge on any atom is 0.145 e. The van der Waals surface area contributed by atoms with Crippen molar-refractivity contribution in [2.75, 3.05) is 21.0 Å². The molecule has 0 bridgehead atoms. The first kappa shape index (κ1) is 13.5. The third-order valence-corrected chi connectivity index (χ3v) is 1.19. The summed E-state index contributed by atoms with van der Waals surface area (Å²) in [6.07, 6.45) is 5.54. The monoisotopic (exact) mass is 162 g/mol. The van der Waals surface area contributed by atoms with E-state index in [4.69, 9.17) is 0 Å². The Morgan fingerprint density at radius 2 is 1.18 bits per heavy atom. The third kappa shape index (κ3) is 25.7. The molecular formula is C9H22O2. The maximum absolute atomic E-state index is 4.47. The minimum atomic E-state index is 0.389. The highest BCUT2D eigenvalue weighted by molar-refractivity contribution is 4.31. The maximum atomic E-state index is 4.47. The first-order valence-electron chi connectivity index (χ1n) is 4.31. The standard InChI is InChI=1S/C6H14.C3H8O2/c1-3-5-6-4-2;1-4-3-5-2/h3-6H2,1-2H3;3H2,1-2H3. The molecule has 0 spiro atoms. The molecule has 0 radical (unpaired) electrons. The van der Waals surface area contributed by atoms with E-state index in [1.165, 1.54) is 25.7 Å². The van der Waals surface area contributed by atoms with Gasteiger partial charge in [0.25, 0.3) is 0 Å². The van der Waals surface area contributed by atoms with Crippen LogP contribution in [-0.2, 0) is 9.47 Å². The number of hydrogen-bond donors (Lipinski definition) is 0. The summed E-state index contributed by atoms with van der Waals surface area (Å²) in [7, 11) is 3.17. The molecule has 11 heavy (non-hydrogen) atoms. The predicted octanol–water partition coefficient (Wildman–Crippen LogP) is 2.82. The molecule has 2 heteroatoms. The fourth-order valence-corrected chi connectivity index (χ4v) is 0.618. The van der Waals surface area contributed by atoms with E-state index in [1.54, 1.807) is 14.2 Å². The van der Waals surface area contributed by atoms with Gasteiger partial charge in [0, 0.05) is 14.2 Å². The molecule has 2 nitrogen and oxygen atoms in total. The minimum Gasteiger partial charge on any atom is -0.359 e. The van der Waals surface area contributed by atoms with Gasteiger partial charge >= 0.3 is 0 Å². The van der Waals surface area contributed by atoms with Crippen molar-refractivity contribution in [2.24, 2.45) is 0 Å². The van der Waals surface area contributed by atoms with Crippen LogP contribution in [0, 0.1) is 0 Å². The Labute approximate surface area is 70.9 Å². The van der Waals surface area contributed by atoms with Gasteiger partial charge in [-0.15, -0.1) is 0 Å². The minimum absolute atomic E-state index is 0.389. The Morgan fingerprint density at radius 1 is 0.818 bits per heavy atom. The molecule has 0 unspecified atom stereocenters. The Balaban J connectivity index is 0. The average Bonchev–Trinajstić information content (AvgIpc) is 2.04. The van der Waals surface area contributed by atoms with E-state index >= 15 is 0 Å². The van der Waals surface area contributed by atoms with Gasteiger partial charge in [-0.05, 0) is 0 Å². The smallest absolute Gasteiger partial charge is 0.145 e. The van der Waals surface area contributed by atoms with E-state index in [1.807, 2.05) is 0 Å². The molecule has 0 aromatic heterocycles. The molecule has 0 N–H and O–H groups in total. The van der Waals surface area contributed by atoms with Crippen LogP contribution in [0.1, 0.15) is 39.5 Å². The molecule has 0 atom stereocenters. The molecule has 0 fully saturated rings. The Morgan fingerprint density at radius 3 is 1.27 bits per heavy atom. The largest absolute Gasteiger partial charge is 0.359 e. The van der Waals surface area contributed by atoms with Gasteiger partial charge in [0.2, 0.25) is 0 Å². The summed E-state index contributed by atoms with van der Waals surface area (Å²) in [5.74, 6) is 0. The van der Waals surface area contributed by atoms with Gasteiger partial charge in [-0.2, -0.15) is 0 Å². The lowest BCUT2D eigenvalue weighted by molar-refractivity contribution is -0.00271. The zero-order valence-electron chi connectivity index (χ0n) is 8.35. The van der Waals surface area contributed by atoms with Gasteiger partial charge in [0.1, 0.15) is 6.79 Å². The van der Waals surface area contributed by atoms with E-state index in [2.05, 4.69) is 23.3 Å². The lowest BCUT2D eigenvalue weighted by Crippen LogP contribution is -1.87.